The minimum Gasteiger partial charge on any atom is -0.467 e. The van der Waals surface area contributed by atoms with Gasteiger partial charge in [0.2, 0.25) is 0 Å². The summed E-state index contributed by atoms with van der Waals surface area (Å²) in [7, 11) is 1.31. The summed E-state index contributed by atoms with van der Waals surface area (Å²) in [6.07, 6.45) is 2.30. The Morgan fingerprint density at radius 3 is 2.90 bits per heavy atom. The van der Waals surface area contributed by atoms with E-state index in [9.17, 15) is 14.0 Å². The zero-order chi connectivity index (χ0) is 14.5. The van der Waals surface area contributed by atoms with Crippen LogP contribution in [0, 0.1) is 5.82 Å². The van der Waals surface area contributed by atoms with Gasteiger partial charge in [0.15, 0.2) is 0 Å². The molecular formula is C14H17FN2O3. The van der Waals surface area contributed by atoms with Gasteiger partial charge in [-0.3, -0.25) is 0 Å². The molecule has 1 aromatic carbocycles. The standard InChI is InChI=1S/C14H17FN2O3/c1-20-13(18)12-7-2-3-8-17(12)14(19)16-11-6-4-5-10(15)9-11/h4-6,9,12H,2-3,7-8H2,1H3,(H,16,19)/t12-/m1/s1. The van der Waals surface area contributed by atoms with Crippen molar-refractivity contribution in [3.8, 4) is 0 Å². The quantitative estimate of drug-likeness (QED) is 0.846. The number of carbonyl (C=O) groups excluding carboxylic acids is 2. The van der Waals surface area contributed by atoms with E-state index in [1.165, 1.54) is 30.2 Å². The topological polar surface area (TPSA) is 58.6 Å². The Bertz CT molecular complexity index is 507. The van der Waals surface area contributed by atoms with Gasteiger partial charge in [-0.2, -0.15) is 0 Å². The lowest BCUT2D eigenvalue weighted by atomic mass is 10.0. The highest BCUT2D eigenvalue weighted by atomic mass is 19.1. The van der Waals surface area contributed by atoms with Gasteiger partial charge in [-0.05, 0) is 37.5 Å². The van der Waals surface area contributed by atoms with Crippen LogP contribution in [0.4, 0.5) is 14.9 Å². The summed E-state index contributed by atoms with van der Waals surface area (Å²) in [5.41, 5.74) is 0.365. The number of nitrogens with zero attached hydrogens (tertiary/aromatic N) is 1. The van der Waals surface area contributed by atoms with Gasteiger partial charge in [0.05, 0.1) is 7.11 Å². The van der Waals surface area contributed by atoms with E-state index in [4.69, 9.17) is 4.74 Å². The number of urea groups is 1. The molecule has 0 unspecified atom stereocenters. The van der Waals surface area contributed by atoms with Gasteiger partial charge >= 0.3 is 12.0 Å². The van der Waals surface area contributed by atoms with Crippen molar-refractivity contribution in [1.29, 1.82) is 0 Å². The molecular weight excluding hydrogens is 263 g/mol. The van der Waals surface area contributed by atoms with Crippen LogP contribution in [-0.2, 0) is 9.53 Å². The summed E-state index contributed by atoms with van der Waals surface area (Å²) >= 11 is 0. The van der Waals surface area contributed by atoms with Crippen LogP contribution in [0.1, 0.15) is 19.3 Å². The predicted octanol–water partition coefficient (Wildman–Crippen LogP) is 2.39. The zero-order valence-electron chi connectivity index (χ0n) is 11.3. The molecule has 0 aliphatic carbocycles. The number of halogens is 1. The van der Waals surface area contributed by atoms with E-state index in [0.717, 1.165) is 12.8 Å². The first-order chi connectivity index (χ1) is 9.61. The first kappa shape index (κ1) is 14.3. The highest BCUT2D eigenvalue weighted by Crippen LogP contribution is 2.20. The van der Waals surface area contributed by atoms with Crippen molar-refractivity contribution in [2.24, 2.45) is 0 Å². The molecule has 1 aliphatic rings. The fraction of sp³-hybridized carbons (Fsp3) is 0.429. The number of esters is 1. The highest BCUT2D eigenvalue weighted by Gasteiger charge is 2.32. The molecule has 0 saturated carbocycles. The van der Waals surface area contributed by atoms with Gasteiger partial charge in [0.1, 0.15) is 11.9 Å². The lowest BCUT2D eigenvalue weighted by Crippen LogP contribution is -2.50. The number of hydrogen-bond donors (Lipinski definition) is 1. The van der Waals surface area contributed by atoms with Gasteiger partial charge in [0, 0.05) is 12.2 Å². The Hall–Kier alpha value is -2.11. The van der Waals surface area contributed by atoms with Gasteiger partial charge < -0.3 is 15.0 Å². The Balaban J connectivity index is 2.08. The van der Waals surface area contributed by atoms with Crippen LogP contribution in [0.5, 0.6) is 0 Å². The second-order valence-electron chi connectivity index (χ2n) is 4.67. The lowest BCUT2D eigenvalue weighted by Gasteiger charge is -2.33. The normalized spacial score (nSPS) is 18.5. The van der Waals surface area contributed by atoms with Crippen LogP contribution in [0.15, 0.2) is 24.3 Å². The molecule has 0 aromatic heterocycles. The van der Waals surface area contributed by atoms with Crippen molar-refractivity contribution in [3.63, 3.8) is 0 Å². The SMILES string of the molecule is COC(=O)[C@H]1CCCCN1C(=O)Nc1cccc(F)c1. The van der Waals surface area contributed by atoms with E-state index in [2.05, 4.69) is 5.32 Å². The molecule has 1 heterocycles. The third-order valence-electron chi connectivity index (χ3n) is 3.31. The van der Waals surface area contributed by atoms with Crippen molar-refractivity contribution >= 4 is 17.7 Å². The Labute approximate surface area is 116 Å². The maximum Gasteiger partial charge on any atom is 0.328 e. The number of nitrogens with one attached hydrogen (secondary N) is 1. The molecule has 1 aromatic rings. The Morgan fingerprint density at radius 1 is 1.40 bits per heavy atom. The number of ether oxygens (including phenoxy) is 1. The Morgan fingerprint density at radius 2 is 2.20 bits per heavy atom. The van der Waals surface area contributed by atoms with Crippen LogP contribution in [0.25, 0.3) is 0 Å². The molecule has 0 bridgehead atoms. The average Bonchev–Trinajstić information content (AvgIpc) is 2.46. The van der Waals surface area contributed by atoms with E-state index < -0.39 is 23.9 Å². The molecule has 0 spiro atoms. The molecule has 1 saturated heterocycles. The molecule has 20 heavy (non-hydrogen) atoms. The van der Waals surface area contributed by atoms with Gasteiger partial charge in [-0.15, -0.1) is 0 Å². The third kappa shape index (κ3) is 3.26. The summed E-state index contributed by atoms with van der Waals surface area (Å²) in [6, 6.07) is 4.66. The number of anilines is 1. The first-order valence-electron chi connectivity index (χ1n) is 6.53. The number of hydrogen-bond acceptors (Lipinski definition) is 3. The minimum atomic E-state index is -0.567. The maximum atomic E-state index is 13.1. The van der Waals surface area contributed by atoms with E-state index in [0.29, 0.717) is 18.7 Å². The molecule has 108 valence electrons. The van der Waals surface area contributed by atoms with Crippen LogP contribution >= 0.6 is 0 Å². The van der Waals surface area contributed by atoms with E-state index >= 15 is 0 Å². The molecule has 2 amide bonds. The number of rotatable bonds is 2. The summed E-state index contributed by atoms with van der Waals surface area (Å²) in [5.74, 6) is -0.843. The van der Waals surface area contributed by atoms with Crippen molar-refractivity contribution in [2.45, 2.75) is 25.3 Å². The fourth-order valence-corrected chi connectivity index (χ4v) is 2.32. The Kier molecular flexibility index (Phi) is 4.55. The number of amides is 2. The highest BCUT2D eigenvalue weighted by molar-refractivity contribution is 5.92. The van der Waals surface area contributed by atoms with Crippen LogP contribution in [0.2, 0.25) is 0 Å². The van der Waals surface area contributed by atoms with Crippen molar-refractivity contribution in [1.82, 2.24) is 4.90 Å². The molecule has 1 fully saturated rings. The van der Waals surface area contributed by atoms with Gasteiger partial charge in [0.25, 0.3) is 0 Å². The smallest absolute Gasteiger partial charge is 0.328 e. The first-order valence-corrected chi connectivity index (χ1v) is 6.53. The van der Waals surface area contributed by atoms with Crippen molar-refractivity contribution < 1.29 is 18.7 Å². The second-order valence-corrected chi connectivity index (χ2v) is 4.67. The van der Waals surface area contributed by atoms with E-state index in [1.807, 2.05) is 0 Å². The number of methoxy groups -OCH3 is 1. The maximum absolute atomic E-state index is 13.1. The van der Waals surface area contributed by atoms with E-state index in [-0.39, 0.29) is 0 Å². The van der Waals surface area contributed by atoms with Crippen molar-refractivity contribution in [2.75, 3.05) is 19.0 Å². The number of likely N-dealkylation sites (tertiary alicyclic amines) is 1. The number of piperidine rings is 1. The molecule has 1 atom stereocenters. The molecule has 6 heteroatoms. The molecule has 1 N–H and O–H groups in total. The van der Waals surface area contributed by atoms with Crippen LogP contribution < -0.4 is 5.32 Å². The summed E-state index contributed by atoms with van der Waals surface area (Å²) < 4.78 is 17.8. The summed E-state index contributed by atoms with van der Waals surface area (Å²) in [4.78, 5) is 25.3. The summed E-state index contributed by atoms with van der Waals surface area (Å²) in [5, 5.41) is 2.60. The van der Waals surface area contributed by atoms with Gasteiger partial charge in [-0.1, -0.05) is 6.07 Å². The lowest BCUT2D eigenvalue weighted by molar-refractivity contribution is -0.146. The number of benzene rings is 1. The number of carbonyl (C=O) groups is 2. The minimum absolute atomic E-state index is 0.365. The third-order valence-corrected chi connectivity index (χ3v) is 3.31. The van der Waals surface area contributed by atoms with Crippen LogP contribution in [0.3, 0.4) is 0 Å². The molecule has 2 rings (SSSR count). The molecule has 5 nitrogen and oxygen atoms in total. The molecule has 1 aliphatic heterocycles. The zero-order valence-corrected chi connectivity index (χ0v) is 11.3. The van der Waals surface area contributed by atoms with Crippen LogP contribution in [-0.4, -0.2) is 36.6 Å². The summed E-state index contributed by atoms with van der Waals surface area (Å²) in [6.45, 7) is 0.487. The second kappa shape index (κ2) is 6.36. The van der Waals surface area contributed by atoms with E-state index in [1.54, 1.807) is 6.07 Å². The van der Waals surface area contributed by atoms with Gasteiger partial charge in [-0.25, -0.2) is 14.0 Å². The average molecular weight is 280 g/mol. The monoisotopic (exact) mass is 280 g/mol. The van der Waals surface area contributed by atoms with Crippen molar-refractivity contribution in [3.05, 3.63) is 30.1 Å². The molecule has 0 radical (unpaired) electrons. The predicted molar refractivity (Wildman–Crippen MR) is 71.8 cm³/mol. The fourth-order valence-electron chi connectivity index (χ4n) is 2.32. The largest absolute Gasteiger partial charge is 0.467 e.